The van der Waals surface area contributed by atoms with Gasteiger partial charge in [-0.25, -0.2) is 0 Å². The number of carbonyl (C=O) groups excluding carboxylic acids is 1. The Morgan fingerprint density at radius 2 is 1.90 bits per heavy atom. The van der Waals surface area contributed by atoms with E-state index in [4.69, 9.17) is 11.6 Å². The fourth-order valence-corrected chi connectivity index (χ4v) is 2.96. The van der Waals surface area contributed by atoms with E-state index in [0.29, 0.717) is 22.3 Å². The van der Waals surface area contributed by atoms with Crippen molar-refractivity contribution in [2.75, 3.05) is 5.32 Å². The van der Waals surface area contributed by atoms with Gasteiger partial charge in [-0.15, -0.1) is 0 Å². The fraction of sp³-hybridized carbons (Fsp3) is 0.267. The first kappa shape index (κ1) is 16.6. The van der Waals surface area contributed by atoms with Gasteiger partial charge < -0.3 is 9.88 Å². The molecule has 0 aliphatic rings. The van der Waals surface area contributed by atoms with E-state index in [2.05, 4.69) is 51.0 Å². The van der Waals surface area contributed by atoms with Crippen LogP contribution in [-0.2, 0) is 6.54 Å². The molecule has 1 aromatic heterocycles. The quantitative estimate of drug-likeness (QED) is 0.670. The lowest BCUT2D eigenvalue weighted by atomic mass is 10.2. The van der Waals surface area contributed by atoms with Gasteiger partial charge in [0.25, 0.3) is 5.91 Å². The summed E-state index contributed by atoms with van der Waals surface area (Å²) >= 11 is 12.8. The Hall–Kier alpha value is -0.780. The maximum absolute atomic E-state index is 12.5. The van der Waals surface area contributed by atoms with Gasteiger partial charge in [-0.2, -0.15) is 0 Å². The van der Waals surface area contributed by atoms with E-state index in [1.54, 1.807) is 24.3 Å². The molecule has 6 heteroatoms. The second-order valence-electron chi connectivity index (χ2n) is 5.13. The molecule has 2 rings (SSSR count). The molecule has 0 aliphatic heterocycles. The second kappa shape index (κ2) is 6.99. The van der Waals surface area contributed by atoms with Crippen molar-refractivity contribution in [3.8, 4) is 0 Å². The normalized spacial score (nSPS) is 11.0. The average Bonchev–Trinajstić information content (AvgIpc) is 2.69. The van der Waals surface area contributed by atoms with Crippen LogP contribution >= 0.6 is 43.5 Å². The van der Waals surface area contributed by atoms with E-state index in [0.717, 1.165) is 15.6 Å². The molecule has 0 aliphatic carbocycles. The molecule has 112 valence electrons. The van der Waals surface area contributed by atoms with Crippen molar-refractivity contribution in [3.63, 3.8) is 0 Å². The van der Waals surface area contributed by atoms with Crippen molar-refractivity contribution in [2.24, 2.45) is 5.92 Å². The molecule has 0 atom stereocenters. The molecule has 0 unspecified atom stereocenters. The average molecular weight is 435 g/mol. The van der Waals surface area contributed by atoms with Crippen LogP contribution < -0.4 is 5.32 Å². The van der Waals surface area contributed by atoms with Crippen LogP contribution in [0.4, 0.5) is 5.69 Å². The van der Waals surface area contributed by atoms with Gasteiger partial charge >= 0.3 is 0 Å². The summed E-state index contributed by atoms with van der Waals surface area (Å²) in [6.07, 6.45) is 0. The maximum Gasteiger partial charge on any atom is 0.272 e. The zero-order valence-corrected chi connectivity index (χ0v) is 15.6. The van der Waals surface area contributed by atoms with Gasteiger partial charge in [-0.3, -0.25) is 4.79 Å². The topological polar surface area (TPSA) is 34.0 Å². The molecule has 0 fully saturated rings. The lowest BCUT2D eigenvalue weighted by Gasteiger charge is -2.13. The van der Waals surface area contributed by atoms with E-state index < -0.39 is 0 Å². The Morgan fingerprint density at radius 3 is 2.48 bits per heavy atom. The number of hydrogen-bond donors (Lipinski definition) is 1. The number of aromatic nitrogens is 1. The maximum atomic E-state index is 12.5. The number of halogens is 3. The number of rotatable bonds is 4. The molecule has 1 aromatic carbocycles. The third-order valence-corrected chi connectivity index (χ3v) is 5.11. The number of nitrogens with zero attached hydrogens (tertiary/aromatic N) is 1. The summed E-state index contributed by atoms with van der Waals surface area (Å²) in [4.78, 5) is 12.5. The molecule has 3 nitrogen and oxygen atoms in total. The Balaban J connectivity index is 2.26. The van der Waals surface area contributed by atoms with E-state index in [1.807, 2.05) is 10.6 Å². The highest BCUT2D eigenvalue weighted by molar-refractivity contribution is 9.13. The molecular formula is C15H15Br2ClN2O. The molecule has 0 saturated carbocycles. The minimum absolute atomic E-state index is 0.149. The van der Waals surface area contributed by atoms with Crippen molar-refractivity contribution in [3.05, 3.63) is 50.1 Å². The van der Waals surface area contributed by atoms with Crippen LogP contribution in [0.1, 0.15) is 24.3 Å². The number of amides is 1. The van der Waals surface area contributed by atoms with Crippen LogP contribution in [0.25, 0.3) is 0 Å². The number of anilines is 1. The van der Waals surface area contributed by atoms with Crippen LogP contribution in [-0.4, -0.2) is 10.5 Å². The molecule has 0 saturated heterocycles. The Labute approximate surface area is 145 Å². The van der Waals surface area contributed by atoms with Crippen molar-refractivity contribution >= 4 is 55.1 Å². The second-order valence-corrected chi connectivity index (χ2v) is 7.18. The molecule has 0 spiro atoms. The smallest absolute Gasteiger partial charge is 0.272 e. The van der Waals surface area contributed by atoms with E-state index in [-0.39, 0.29) is 5.91 Å². The summed E-state index contributed by atoms with van der Waals surface area (Å²) in [6.45, 7) is 4.98. The lowest BCUT2D eigenvalue weighted by Crippen LogP contribution is -2.18. The van der Waals surface area contributed by atoms with Crippen LogP contribution in [0.5, 0.6) is 0 Å². The van der Waals surface area contributed by atoms with Gasteiger partial charge in [-0.05, 0) is 68.1 Å². The van der Waals surface area contributed by atoms with E-state index in [9.17, 15) is 4.79 Å². The SMILES string of the molecule is CC(C)Cn1c(C(=O)Nc2ccc(Cl)cc2)cc(Br)c1Br. The fourth-order valence-electron chi connectivity index (χ4n) is 1.95. The summed E-state index contributed by atoms with van der Waals surface area (Å²) in [7, 11) is 0. The van der Waals surface area contributed by atoms with Crippen LogP contribution in [0.2, 0.25) is 5.02 Å². The van der Waals surface area contributed by atoms with Gasteiger partial charge in [0.15, 0.2) is 0 Å². The van der Waals surface area contributed by atoms with Gasteiger partial charge in [-0.1, -0.05) is 25.4 Å². The molecule has 0 bridgehead atoms. The summed E-state index contributed by atoms with van der Waals surface area (Å²) < 4.78 is 3.70. The first-order chi connectivity index (χ1) is 9.88. The van der Waals surface area contributed by atoms with Gasteiger partial charge in [0.05, 0.1) is 9.08 Å². The Bertz CT molecular complexity index is 650. The Morgan fingerprint density at radius 1 is 1.29 bits per heavy atom. The lowest BCUT2D eigenvalue weighted by molar-refractivity contribution is 0.101. The number of carbonyl (C=O) groups is 1. The zero-order valence-electron chi connectivity index (χ0n) is 11.7. The monoisotopic (exact) mass is 432 g/mol. The number of nitrogens with one attached hydrogen (secondary N) is 1. The highest BCUT2D eigenvalue weighted by Crippen LogP contribution is 2.29. The Kier molecular flexibility index (Phi) is 5.52. The standard InChI is InChI=1S/C15H15Br2ClN2O/c1-9(2)8-20-13(7-12(16)14(20)17)15(21)19-11-5-3-10(18)4-6-11/h3-7,9H,8H2,1-2H3,(H,19,21). The van der Waals surface area contributed by atoms with E-state index >= 15 is 0 Å². The minimum atomic E-state index is -0.149. The minimum Gasteiger partial charge on any atom is -0.330 e. The number of benzene rings is 1. The largest absolute Gasteiger partial charge is 0.330 e. The van der Waals surface area contributed by atoms with Crippen molar-refractivity contribution in [2.45, 2.75) is 20.4 Å². The van der Waals surface area contributed by atoms with Gasteiger partial charge in [0, 0.05) is 17.3 Å². The van der Waals surface area contributed by atoms with Crippen molar-refractivity contribution in [1.29, 1.82) is 0 Å². The number of hydrogen-bond acceptors (Lipinski definition) is 1. The predicted molar refractivity (Wildman–Crippen MR) is 94.1 cm³/mol. The summed E-state index contributed by atoms with van der Waals surface area (Å²) in [5.74, 6) is 0.284. The summed E-state index contributed by atoms with van der Waals surface area (Å²) in [5.41, 5.74) is 1.33. The molecule has 0 radical (unpaired) electrons. The van der Waals surface area contributed by atoms with Crippen molar-refractivity contribution in [1.82, 2.24) is 4.57 Å². The third-order valence-electron chi connectivity index (χ3n) is 2.87. The molecule has 1 amide bonds. The summed E-state index contributed by atoms with van der Waals surface area (Å²) in [6, 6.07) is 8.87. The van der Waals surface area contributed by atoms with Gasteiger partial charge in [0.2, 0.25) is 0 Å². The molecule has 1 heterocycles. The molecule has 21 heavy (non-hydrogen) atoms. The third kappa shape index (κ3) is 4.11. The van der Waals surface area contributed by atoms with Gasteiger partial charge in [0.1, 0.15) is 5.69 Å². The van der Waals surface area contributed by atoms with Crippen LogP contribution in [0.15, 0.2) is 39.4 Å². The van der Waals surface area contributed by atoms with E-state index in [1.165, 1.54) is 0 Å². The van der Waals surface area contributed by atoms with Crippen LogP contribution in [0, 0.1) is 5.92 Å². The highest BCUT2D eigenvalue weighted by Gasteiger charge is 2.18. The first-order valence-electron chi connectivity index (χ1n) is 6.50. The highest BCUT2D eigenvalue weighted by atomic mass is 79.9. The van der Waals surface area contributed by atoms with Crippen LogP contribution in [0.3, 0.4) is 0 Å². The predicted octanol–water partition coefficient (Wildman–Crippen LogP) is 5.57. The molecular weight excluding hydrogens is 419 g/mol. The molecule has 1 N–H and O–H groups in total. The summed E-state index contributed by atoms with van der Waals surface area (Å²) in [5, 5.41) is 3.52. The zero-order chi connectivity index (χ0) is 15.6. The molecule has 2 aromatic rings. The van der Waals surface area contributed by atoms with Crippen molar-refractivity contribution < 1.29 is 4.79 Å². The first-order valence-corrected chi connectivity index (χ1v) is 8.46.